The molecule has 1 aromatic carbocycles. The van der Waals surface area contributed by atoms with Crippen molar-refractivity contribution in [2.75, 3.05) is 19.8 Å². The van der Waals surface area contributed by atoms with Gasteiger partial charge in [0.2, 0.25) is 0 Å². The number of benzene rings is 1. The Balaban J connectivity index is 2.42. The predicted molar refractivity (Wildman–Crippen MR) is 148 cm³/mol. The summed E-state index contributed by atoms with van der Waals surface area (Å²) in [5.41, 5.74) is 0.516. The lowest BCUT2D eigenvalue weighted by atomic mass is 9.87. The van der Waals surface area contributed by atoms with E-state index in [1.807, 2.05) is 6.92 Å². The number of aryl methyl sites for hydroxylation is 1. The van der Waals surface area contributed by atoms with Gasteiger partial charge in [-0.15, -0.1) is 0 Å². The first-order valence-corrected chi connectivity index (χ1v) is 15.4. The molecule has 0 bridgehead atoms. The van der Waals surface area contributed by atoms with E-state index < -0.39 is 78.6 Å². The summed E-state index contributed by atoms with van der Waals surface area (Å²) in [6.45, 7) is -0.00224. The zero-order valence-corrected chi connectivity index (χ0v) is 27.8. The van der Waals surface area contributed by atoms with E-state index in [2.05, 4.69) is 24.2 Å². The van der Waals surface area contributed by atoms with E-state index in [0.717, 1.165) is 12.8 Å². The highest BCUT2D eigenvalue weighted by Gasteiger charge is 2.98. The van der Waals surface area contributed by atoms with Gasteiger partial charge in [0.1, 0.15) is 5.75 Å². The van der Waals surface area contributed by atoms with Crippen molar-refractivity contribution in [1.29, 1.82) is 0 Å². The summed E-state index contributed by atoms with van der Waals surface area (Å²) >= 11 is 0. The molecule has 1 heterocycles. The van der Waals surface area contributed by atoms with Crippen molar-refractivity contribution >= 4 is 0 Å². The summed E-state index contributed by atoms with van der Waals surface area (Å²) in [6.07, 6.45) is -9.00. The van der Waals surface area contributed by atoms with E-state index in [1.165, 1.54) is 12.4 Å². The second-order valence-electron chi connectivity index (χ2n) is 11.6. The molecule has 0 aliphatic rings. The Morgan fingerprint density at radius 3 is 1.29 bits per heavy atom. The standard InChI is InChI=1S/C30H28F20N2O3/c1-3-5-7-17-15-51-20(52-16-17)18-8-10-19(11-9-18)55-30(49,50)28(45,46)26(41,42)24(37,38)22(33,34)21(31,32)23(35,36)25(39,40)27(43,44)29(47,48)54-14-13-53-12-6-4-2/h8-11,15-16H,3-7,12-14H2,1-2H3. The lowest BCUT2D eigenvalue weighted by Crippen LogP contribution is -2.77. The van der Waals surface area contributed by atoms with Crippen LogP contribution in [0.1, 0.15) is 45.1 Å². The van der Waals surface area contributed by atoms with Gasteiger partial charge >= 0.3 is 59.6 Å². The van der Waals surface area contributed by atoms with Gasteiger partial charge in [-0.25, -0.2) is 9.97 Å². The molecule has 0 saturated carbocycles. The summed E-state index contributed by atoms with van der Waals surface area (Å²) in [5.74, 6) is -71.9. The molecule has 0 amide bonds. The van der Waals surface area contributed by atoms with Gasteiger partial charge < -0.3 is 14.2 Å². The zero-order chi connectivity index (χ0) is 42.7. The molecular formula is C30H28F20N2O3. The Hall–Kier alpha value is -3.38. The highest BCUT2D eigenvalue weighted by atomic mass is 19.4. The van der Waals surface area contributed by atoms with E-state index in [-0.39, 0.29) is 36.5 Å². The summed E-state index contributed by atoms with van der Waals surface area (Å²) < 4.78 is 294. The average Bonchev–Trinajstić information content (AvgIpc) is 3.08. The molecule has 0 N–H and O–H groups in total. The van der Waals surface area contributed by atoms with Crippen LogP contribution in [0.15, 0.2) is 36.7 Å². The molecule has 0 fully saturated rings. The number of rotatable bonds is 22. The predicted octanol–water partition coefficient (Wildman–Crippen LogP) is 11.0. The smallest absolute Gasteiger partial charge is 0.428 e. The van der Waals surface area contributed by atoms with Crippen LogP contribution in [-0.2, 0) is 15.9 Å². The van der Waals surface area contributed by atoms with Crippen molar-refractivity contribution in [2.24, 2.45) is 0 Å². The van der Waals surface area contributed by atoms with Crippen molar-refractivity contribution in [1.82, 2.24) is 9.97 Å². The molecule has 5 nitrogen and oxygen atoms in total. The van der Waals surface area contributed by atoms with Gasteiger partial charge in [0, 0.05) is 24.6 Å². The van der Waals surface area contributed by atoms with Crippen LogP contribution in [-0.4, -0.2) is 89.4 Å². The van der Waals surface area contributed by atoms with Crippen LogP contribution in [0.2, 0.25) is 0 Å². The van der Waals surface area contributed by atoms with E-state index in [4.69, 9.17) is 0 Å². The topological polar surface area (TPSA) is 53.5 Å². The lowest BCUT2D eigenvalue weighted by molar-refractivity contribution is -0.486. The van der Waals surface area contributed by atoms with Crippen LogP contribution >= 0.6 is 0 Å². The highest BCUT2D eigenvalue weighted by Crippen LogP contribution is 2.66. The van der Waals surface area contributed by atoms with Crippen LogP contribution in [0.25, 0.3) is 11.4 Å². The van der Waals surface area contributed by atoms with Crippen molar-refractivity contribution in [3.05, 3.63) is 42.2 Å². The van der Waals surface area contributed by atoms with Gasteiger partial charge in [-0.3, -0.25) is 0 Å². The number of ether oxygens (including phenoxy) is 3. The minimum atomic E-state index is -9.16. The maximum atomic E-state index is 14.4. The summed E-state index contributed by atoms with van der Waals surface area (Å²) in [6, 6.07) is 1.85. The highest BCUT2D eigenvalue weighted by molar-refractivity contribution is 5.56. The van der Waals surface area contributed by atoms with E-state index in [9.17, 15) is 87.8 Å². The Morgan fingerprint density at radius 2 is 0.873 bits per heavy atom. The van der Waals surface area contributed by atoms with Gasteiger partial charge in [0.05, 0.1) is 13.2 Å². The van der Waals surface area contributed by atoms with Crippen LogP contribution in [0, 0.1) is 0 Å². The molecular weight excluding hydrogens is 816 g/mol. The maximum absolute atomic E-state index is 14.4. The third kappa shape index (κ3) is 8.36. The Bertz CT molecular complexity index is 1540. The molecule has 0 saturated heterocycles. The molecule has 55 heavy (non-hydrogen) atoms. The number of hydrogen-bond acceptors (Lipinski definition) is 5. The van der Waals surface area contributed by atoms with E-state index >= 15 is 0 Å². The van der Waals surface area contributed by atoms with Crippen LogP contribution in [0.3, 0.4) is 0 Å². The fourth-order valence-corrected chi connectivity index (χ4v) is 4.11. The zero-order valence-electron chi connectivity index (χ0n) is 27.8. The quantitative estimate of drug-likeness (QED) is 0.0873. The van der Waals surface area contributed by atoms with E-state index in [0.29, 0.717) is 30.5 Å². The Labute approximate surface area is 297 Å². The minimum absolute atomic E-state index is 0.118. The number of halogens is 20. The average molecular weight is 845 g/mol. The molecule has 0 spiro atoms. The fourth-order valence-electron chi connectivity index (χ4n) is 4.11. The van der Waals surface area contributed by atoms with Crippen LogP contribution < -0.4 is 4.74 Å². The summed E-state index contributed by atoms with van der Waals surface area (Å²) in [4.78, 5) is 7.81. The molecule has 1 aromatic heterocycles. The lowest BCUT2D eigenvalue weighted by Gasteiger charge is -2.44. The molecule has 0 aliphatic carbocycles. The van der Waals surface area contributed by atoms with Gasteiger partial charge in [-0.05, 0) is 49.1 Å². The maximum Gasteiger partial charge on any atom is 0.471 e. The second kappa shape index (κ2) is 16.2. The number of hydrogen-bond donors (Lipinski definition) is 0. The van der Waals surface area contributed by atoms with E-state index in [1.54, 1.807) is 6.92 Å². The molecule has 0 atom stereocenters. The molecule has 0 radical (unpaired) electrons. The van der Waals surface area contributed by atoms with Gasteiger partial charge in [-0.2, -0.15) is 87.8 Å². The summed E-state index contributed by atoms with van der Waals surface area (Å²) in [7, 11) is 0. The largest absolute Gasteiger partial charge is 0.471 e. The van der Waals surface area contributed by atoms with Crippen molar-refractivity contribution in [2.45, 2.75) is 106 Å². The third-order valence-corrected chi connectivity index (χ3v) is 7.53. The molecule has 0 unspecified atom stereocenters. The Kier molecular flexibility index (Phi) is 14.1. The second-order valence-corrected chi connectivity index (χ2v) is 11.6. The van der Waals surface area contributed by atoms with Crippen molar-refractivity contribution in [3.8, 4) is 17.1 Å². The van der Waals surface area contributed by atoms with Gasteiger partial charge in [-0.1, -0.05) is 26.7 Å². The SMILES string of the molecule is CCCCOCCOC(F)(F)C(F)(F)C(F)(F)C(F)(F)C(F)(F)C(F)(F)C(F)(F)C(F)(F)C(F)(F)C(F)(F)Oc1ccc(-c2ncc(CCCC)cn2)cc1. The van der Waals surface area contributed by atoms with Gasteiger partial charge in [0.15, 0.2) is 5.82 Å². The summed E-state index contributed by atoms with van der Waals surface area (Å²) in [5, 5.41) is 0. The molecule has 2 rings (SSSR count). The third-order valence-electron chi connectivity index (χ3n) is 7.53. The molecule has 2 aromatic rings. The number of aromatic nitrogens is 2. The normalized spacial score (nSPS) is 14.7. The van der Waals surface area contributed by atoms with Crippen molar-refractivity contribution < 1.29 is 102 Å². The molecule has 25 heteroatoms. The fraction of sp³-hybridized carbons (Fsp3) is 0.667. The minimum Gasteiger partial charge on any atom is -0.428 e. The first-order chi connectivity index (χ1) is 24.8. The number of nitrogens with zero attached hydrogens (tertiary/aromatic N) is 2. The molecule has 0 aliphatic heterocycles. The van der Waals surface area contributed by atoms with Gasteiger partial charge in [0.25, 0.3) is 0 Å². The number of unbranched alkanes of at least 4 members (excludes halogenated alkanes) is 2. The Morgan fingerprint density at radius 1 is 0.473 bits per heavy atom. The monoisotopic (exact) mass is 844 g/mol. The van der Waals surface area contributed by atoms with Crippen LogP contribution in [0.5, 0.6) is 5.75 Å². The number of alkyl halides is 20. The first kappa shape index (κ1) is 47.8. The first-order valence-electron chi connectivity index (χ1n) is 15.4. The molecule has 316 valence electrons. The van der Waals surface area contributed by atoms with Crippen molar-refractivity contribution in [3.63, 3.8) is 0 Å². The van der Waals surface area contributed by atoms with Crippen LogP contribution in [0.4, 0.5) is 87.8 Å².